The second-order valence-electron chi connectivity index (χ2n) is 28.3. The van der Waals surface area contributed by atoms with Gasteiger partial charge in [-0.05, 0) is 37.5 Å². The minimum absolute atomic E-state index is 0.103. The summed E-state index contributed by atoms with van der Waals surface area (Å²) in [6.45, 7) is 9.53. The predicted octanol–water partition coefficient (Wildman–Crippen LogP) is 22.3. The Hall–Kier alpha value is -1.94. The van der Waals surface area contributed by atoms with E-state index in [0.29, 0.717) is 31.6 Å². The molecule has 0 amide bonds. The summed E-state index contributed by atoms with van der Waals surface area (Å²) in [5, 5.41) is 10.6. The Morgan fingerprint density at radius 2 is 0.484 bits per heavy atom. The van der Waals surface area contributed by atoms with Crippen molar-refractivity contribution in [3.05, 3.63) is 0 Å². The number of rotatable bonds is 75. The number of hydrogen-bond donors (Lipinski definition) is 3. The van der Waals surface area contributed by atoms with Crippen LogP contribution < -0.4 is 0 Å². The van der Waals surface area contributed by atoms with Gasteiger partial charge in [0.15, 0.2) is 12.2 Å². The topological polar surface area (TPSA) is 237 Å². The van der Waals surface area contributed by atoms with E-state index in [4.69, 9.17) is 37.0 Å². The van der Waals surface area contributed by atoms with Gasteiger partial charge in [0, 0.05) is 25.7 Å². The highest BCUT2D eigenvalue weighted by molar-refractivity contribution is 7.47. The Balaban J connectivity index is 5.18. The van der Waals surface area contributed by atoms with Crippen molar-refractivity contribution in [2.75, 3.05) is 39.6 Å². The van der Waals surface area contributed by atoms with Gasteiger partial charge < -0.3 is 33.8 Å². The van der Waals surface area contributed by atoms with Crippen LogP contribution in [0.15, 0.2) is 0 Å². The summed E-state index contributed by atoms with van der Waals surface area (Å²) < 4.78 is 68.4. The first-order valence-corrected chi connectivity index (χ1v) is 42.5. The average molecular weight is 1400 g/mol. The standard InChI is InChI=1S/C76H148O17P2/c1-7-9-11-13-15-17-18-19-20-21-22-23-26-30-33-36-42-48-54-60-75(80)92-71(65-87-74(79)59-53-47-41-35-32-29-27-24-25-28-31-34-38-44-50-56-68(3)4)66-90-94(82,83)88-62-70(77)63-89-95(84,85)91-67-72(64-86-73(78)58-52-46-40-16-14-12-10-8-2)93-76(81)61-55-49-43-37-39-45-51-57-69(5)6/h68-72,77H,7-67H2,1-6H3,(H,82,83)(H,84,85)/t70-,71-,72-/m1/s1. The van der Waals surface area contributed by atoms with E-state index in [2.05, 4.69) is 41.5 Å². The average Bonchev–Trinajstić information content (AvgIpc) is 1.36. The Labute approximate surface area is 581 Å². The van der Waals surface area contributed by atoms with E-state index in [1.165, 1.54) is 205 Å². The molecule has 0 aliphatic rings. The van der Waals surface area contributed by atoms with Crippen LogP contribution in [0.25, 0.3) is 0 Å². The van der Waals surface area contributed by atoms with Crippen LogP contribution >= 0.6 is 15.6 Å². The fourth-order valence-electron chi connectivity index (χ4n) is 11.7. The number of aliphatic hydroxyl groups excluding tert-OH is 1. The van der Waals surface area contributed by atoms with Gasteiger partial charge in [-0.25, -0.2) is 9.13 Å². The number of carbonyl (C=O) groups is 4. The fraction of sp³-hybridized carbons (Fsp3) is 0.947. The van der Waals surface area contributed by atoms with Crippen molar-refractivity contribution in [2.24, 2.45) is 11.8 Å². The van der Waals surface area contributed by atoms with Crippen LogP contribution in [0.4, 0.5) is 0 Å². The van der Waals surface area contributed by atoms with Crippen LogP contribution in [0.5, 0.6) is 0 Å². The predicted molar refractivity (Wildman–Crippen MR) is 386 cm³/mol. The summed E-state index contributed by atoms with van der Waals surface area (Å²) in [7, 11) is -9.90. The van der Waals surface area contributed by atoms with E-state index in [-0.39, 0.29) is 25.7 Å². The van der Waals surface area contributed by atoms with Gasteiger partial charge >= 0.3 is 39.5 Å². The van der Waals surface area contributed by atoms with Gasteiger partial charge in [-0.2, -0.15) is 0 Å². The molecule has 0 saturated heterocycles. The minimum atomic E-state index is -4.96. The number of carbonyl (C=O) groups excluding carboxylic acids is 4. The van der Waals surface area contributed by atoms with Gasteiger partial charge in [0.05, 0.1) is 26.4 Å². The SMILES string of the molecule is CCCCCCCCCCCCCCCCCCCCCC(=O)O[C@H](COC(=O)CCCCCCCCCCCCCCCCCC(C)C)COP(=O)(O)OC[C@@H](O)COP(=O)(O)OC[C@@H](COC(=O)CCCCCCCCCC)OC(=O)CCCCCCCCCC(C)C. The van der Waals surface area contributed by atoms with Crippen LogP contribution in [0.3, 0.4) is 0 Å². The molecule has 0 bridgehead atoms. The molecule has 0 aliphatic carbocycles. The van der Waals surface area contributed by atoms with E-state index < -0.39 is 97.5 Å². The monoisotopic (exact) mass is 1400 g/mol. The lowest BCUT2D eigenvalue weighted by molar-refractivity contribution is -0.161. The van der Waals surface area contributed by atoms with E-state index in [1.54, 1.807) is 0 Å². The molecule has 0 rings (SSSR count). The van der Waals surface area contributed by atoms with Crippen molar-refractivity contribution in [3.63, 3.8) is 0 Å². The van der Waals surface area contributed by atoms with Crippen LogP contribution in [0.2, 0.25) is 0 Å². The first-order chi connectivity index (χ1) is 45.9. The lowest BCUT2D eigenvalue weighted by atomic mass is 10.0. The first kappa shape index (κ1) is 93.1. The largest absolute Gasteiger partial charge is 0.472 e. The second-order valence-corrected chi connectivity index (χ2v) is 31.3. The molecule has 19 heteroatoms. The van der Waals surface area contributed by atoms with E-state index >= 15 is 0 Å². The van der Waals surface area contributed by atoms with Gasteiger partial charge in [0.25, 0.3) is 0 Å². The van der Waals surface area contributed by atoms with E-state index in [1.807, 2.05) is 0 Å². The highest BCUT2D eigenvalue weighted by Crippen LogP contribution is 2.45. The van der Waals surface area contributed by atoms with E-state index in [0.717, 1.165) is 102 Å². The van der Waals surface area contributed by atoms with Crippen LogP contribution in [-0.2, 0) is 65.4 Å². The third-order valence-corrected chi connectivity index (χ3v) is 19.6. The maximum absolute atomic E-state index is 13.1. The molecule has 0 aliphatic heterocycles. The number of ether oxygens (including phenoxy) is 4. The number of unbranched alkanes of at least 4 members (excludes halogenated alkanes) is 45. The summed E-state index contributed by atoms with van der Waals surface area (Å²) in [5.41, 5.74) is 0. The summed E-state index contributed by atoms with van der Waals surface area (Å²) in [6, 6.07) is 0. The molecule has 17 nitrogen and oxygen atoms in total. The Bertz CT molecular complexity index is 1840. The number of esters is 4. The van der Waals surface area contributed by atoms with Crippen molar-refractivity contribution >= 4 is 39.5 Å². The molecular formula is C76H148O17P2. The molecule has 95 heavy (non-hydrogen) atoms. The highest BCUT2D eigenvalue weighted by Gasteiger charge is 2.30. The van der Waals surface area contributed by atoms with Gasteiger partial charge in [-0.3, -0.25) is 37.3 Å². The molecule has 0 aromatic carbocycles. The zero-order chi connectivity index (χ0) is 70.0. The van der Waals surface area contributed by atoms with Crippen molar-refractivity contribution in [1.82, 2.24) is 0 Å². The van der Waals surface area contributed by atoms with Crippen molar-refractivity contribution in [3.8, 4) is 0 Å². The zero-order valence-corrected chi connectivity index (χ0v) is 63.8. The summed E-state index contributed by atoms with van der Waals surface area (Å²) in [5.74, 6) is -0.619. The lowest BCUT2D eigenvalue weighted by Gasteiger charge is -2.21. The van der Waals surface area contributed by atoms with Gasteiger partial charge in [0.1, 0.15) is 19.3 Å². The molecule has 2 unspecified atom stereocenters. The molecule has 0 fully saturated rings. The number of phosphoric ester groups is 2. The highest BCUT2D eigenvalue weighted by atomic mass is 31.2. The second kappa shape index (κ2) is 67.9. The van der Waals surface area contributed by atoms with Crippen molar-refractivity contribution in [1.29, 1.82) is 0 Å². The Kier molecular flexibility index (Phi) is 66.5. The third-order valence-electron chi connectivity index (χ3n) is 17.7. The molecule has 5 atom stereocenters. The molecule has 0 saturated carbocycles. The number of phosphoric acid groups is 2. The number of hydrogen-bond acceptors (Lipinski definition) is 15. The molecule has 0 aromatic rings. The summed E-state index contributed by atoms with van der Waals surface area (Å²) >= 11 is 0. The third kappa shape index (κ3) is 70.3. The Morgan fingerprint density at radius 3 is 0.716 bits per heavy atom. The quantitative estimate of drug-likeness (QED) is 0.0222. The molecule has 0 spiro atoms. The lowest BCUT2D eigenvalue weighted by Crippen LogP contribution is -2.30. The molecule has 3 N–H and O–H groups in total. The normalized spacial score (nSPS) is 14.0. The van der Waals surface area contributed by atoms with Crippen LogP contribution in [0, 0.1) is 11.8 Å². The van der Waals surface area contributed by atoms with Gasteiger partial charge in [0.2, 0.25) is 0 Å². The molecule has 0 radical (unpaired) electrons. The van der Waals surface area contributed by atoms with Gasteiger partial charge in [-0.15, -0.1) is 0 Å². The summed E-state index contributed by atoms with van der Waals surface area (Å²) in [6.07, 6.45) is 55.8. The fourth-order valence-corrected chi connectivity index (χ4v) is 13.2. The van der Waals surface area contributed by atoms with E-state index in [9.17, 15) is 43.2 Å². The van der Waals surface area contributed by atoms with Crippen LogP contribution in [0.1, 0.15) is 395 Å². The maximum atomic E-state index is 13.1. The van der Waals surface area contributed by atoms with Gasteiger partial charge in [-0.1, -0.05) is 343 Å². The minimum Gasteiger partial charge on any atom is -0.462 e. The molecular weight excluding hydrogens is 1250 g/mol. The summed E-state index contributed by atoms with van der Waals surface area (Å²) in [4.78, 5) is 72.7. The smallest absolute Gasteiger partial charge is 0.462 e. The van der Waals surface area contributed by atoms with Crippen molar-refractivity contribution < 1.29 is 80.2 Å². The van der Waals surface area contributed by atoms with Crippen LogP contribution in [-0.4, -0.2) is 96.7 Å². The molecule has 0 heterocycles. The maximum Gasteiger partial charge on any atom is 0.472 e. The molecule has 0 aromatic heterocycles. The first-order valence-electron chi connectivity index (χ1n) is 39.5. The van der Waals surface area contributed by atoms with Crippen molar-refractivity contribution in [2.45, 2.75) is 413 Å². The Morgan fingerprint density at radius 1 is 0.284 bits per heavy atom. The number of aliphatic hydroxyl groups is 1. The zero-order valence-electron chi connectivity index (χ0n) is 62.0. The molecule has 564 valence electrons.